The second-order valence-electron chi connectivity index (χ2n) is 3.43. The molecule has 5 heteroatoms. The molecule has 0 fully saturated rings. The van der Waals surface area contributed by atoms with E-state index < -0.39 is 5.97 Å². The molecule has 2 aromatic rings. The predicted octanol–water partition coefficient (Wildman–Crippen LogP) is 1.44. The maximum absolute atomic E-state index is 10.6. The SMILES string of the molecule is COc1ccc2cn(CC(=O)O)c(O)c2c1. The molecule has 0 aliphatic rings. The summed E-state index contributed by atoms with van der Waals surface area (Å²) in [5.74, 6) is -0.435. The molecule has 2 N–H and O–H groups in total. The Morgan fingerprint density at radius 2 is 2.25 bits per heavy atom. The smallest absolute Gasteiger partial charge is 0.323 e. The number of ether oxygens (including phenoxy) is 1. The number of aliphatic carboxylic acids is 1. The van der Waals surface area contributed by atoms with Gasteiger partial charge in [-0.25, -0.2) is 0 Å². The number of aromatic hydroxyl groups is 1. The summed E-state index contributed by atoms with van der Waals surface area (Å²) in [5, 5.41) is 19.8. The normalized spacial score (nSPS) is 10.6. The van der Waals surface area contributed by atoms with Gasteiger partial charge in [-0.2, -0.15) is 0 Å². The minimum Gasteiger partial charge on any atom is -0.497 e. The summed E-state index contributed by atoms with van der Waals surface area (Å²) < 4.78 is 6.32. The molecule has 5 nitrogen and oxygen atoms in total. The molecule has 0 radical (unpaired) electrons. The van der Waals surface area contributed by atoms with Crippen molar-refractivity contribution in [3.05, 3.63) is 24.4 Å². The number of carbonyl (C=O) groups is 1. The third-order valence-corrected chi connectivity index (χ3v) is 2.37. The monoisotopic (exact) mass is 221 g/mol. The first kappa shape index (κ1) is 10.4. The molecule has 0 unspecified atom stereocenters. The van der Waals surface area contributed by atoms with E-state index in [1.54, 1.807) is 24.4 Å². The molecule has 0 bridgehead atoms. The quantitative estimate of drug-likeness (QED) is 0.822. The van der Waals surface area contributed by atoms with Gasteiger partial charge in [0.2, 0.25) is 0 Å². The minimum absolute atomic E-state index is 0.0590. The molecule has 1 aromatic carbocycles. The van der Waals surface area contributed by atoms with Crippen molar-refractivity contribution < 1.29 is 19.7 Å². The summed E-state index contributed by atoms with van der Waals surface area (Å²) in [6.07, 6.45) is 1.60. The largest absolute Gasteiger partial charge is 0.497 e. The number of aromatic nitrogens is 1. The highest BCUT2D eigenvalue weighted by Gasteiger charge is 2.10. The van der Waals surface area contributed by atoms with Crippen LogP contribution >= 0.6 is 0 Å². The van der Waals surface area contributed by atoms with Crippen LogP contribution in [0, 0.1) is 0 Å². The van der Waals surface area contributed by atoms with Crippen molar-refractivity contribution in [1.82, 2.24) is 4.57 Å². The van der Waals surface area contributed by atoms with E-state index in [9.17, 15) is 9.90 Å². The van der Waals surface area contributed by atoms with E-state index in [-0.39, 0.29) is 12.4 Å². The Morgan fingerprint density at radius 3 is 2.88 bits per heavy atom. The molecule has 1 heterocycles. The van der Waals surface area contributed by atoms with Gasteiger partial charge < -0.3 is 19.5 Å². The Hall–Kier alpha value is -2.17. The lowest BCUT2D eigenvalue weighted by Gasteiger charge is -2.00. The summed E-state index contributed by atoms with van der Waals surface area (Å²) in [5.41, 5.74) is 0. The van der Waals surface area contributed by atoms with E-state index in [4.69, 9.17) is 9.84 Å². The van der Waals surface area contributed by atoms with Crippen LogP contribution in [0.1, 0.15) is 0 Å². The van der Waals surface area contributed by atoms with Crippen LogP contribution in [0.5, 0.6) is 11.6 Å². The van der Waals surface area contributed by atoms with Gasteiger partial charge in [-0.1, -0.05) is 0 Å². The molecule has 0 amide bonds. The van der Waals surface area contributed by atoms with Crippen molar-refractivity contribution in [3.63, 3.8) is 0 Å². The zero-order valence-electron chi connectivity index (χ0n) is 8.67. The number of hydrogen-bond donors (Lipinski definition) is 2. The van der Waals surface area contributed by atoms with Crippen LogP contribution in [0.2, 0.25) is 0 Å². The van der Waals surface area contributed by atoms with Gasteiger partial charge >= 0.3 is 5.97 Å². The van der Waals surface area contributed by atoms with Gasteiger partial charge in [0.05, 0.1) is 7.11 Å². The van der Waals surface area contributed by atoms with E-state index in [2.05, 4.69) is 0 Å². The molecule has 1 aromatic heterocycles. The lowest BCUT2D eigenvalue weighted by atomic mass is 10.2. The highest BCUT2D eigenvalue weighted by atomic mass is 16.5. The number of nitrogens with zero attached hydrogens (tertiary/aromatic N) is 1. The molecular formula is C11H11NO4. The molecule has 0 saturated carbocycles. The molecule has 0 spiro atoms. The molecule has 2 rings (SSSR count). The standard InChI is InChI=1S/C11H11NO4/c1-16-8-3-2-7-5-12(6-10(13)14)11(15)9(7)4-8/h2-5,15H,6H2,1H3,(H,13,14). The molecular weight excluding hydrogens is 210 g/mol. The van der Waals surface area contributed by atoms with E-state index in [0.717, 1.165) is 5.39 Å². The average Bonchev–Trinajstić information content (AvgIpc) is 2.55. The highest BCUT2D eigenvalue weighted by Crippen LogP contribution is 2.30. The average molecular weight is 221 g/mol. The molecule has 0 aliphatic carbocycles. The van der Waals surface area contributed by atoms with Crippen LogP contribution in [0.4, 0.5) is 0 Å². The fraction of sp³-hybridized carbons (Fsp3) is 0.182. The minimum atomic E-state index is -0.998. The third kappa shape index (κ3) is 1.67. The predicted molar refractivity (Wildman–Crippen MR) is 57.8 cm³/mol. The van der Waals surface area contributed by atoms with E-state index in [0.29, 0.717) is 11.1 Å². The first-order chi connectivity index (χ1) is 7.61. The molecule has 16 heavy (non-hydrogen) atoms. The Morgan fingerprint density at radius 1 is 1.50 bits per heavy atom. The number of methoxy groups -OCH3 is 1. The maximum Gasteiger partial charge on any atom is 0.323 e. The topological polar surface area (TPSA) is 71.7 Å². The van der Waals surface area contributed by atoms with Crippen LogP contribution in [-0.2, 0) is 11.3 Å². The summed E-state index contributed by atoms with van der Waals surface area (Å²) in [6, 6.07) is 5.20. The fourth-order valence-electron chi connectivity index (χ4n) is 1.62. The van der Waals surface area contributed by atoms with Gasteiger partial charge in [-0.15, -0.1) is 0 Å². The number of rotatable bonds is 3. The van der Waals surface area contributed by atoms with Gasteiger partial charge in [0.25, 0.3) is 0 Å². The van der Waals surface area contributed by atoms with Crippen molar-refractivity contribution in [2.24, 2.45) is 0 Å². The molecule has 0 aliphatic heterocycles. The van der Waals surface area contributed by atoms with Crippen molar-refractivity contribution >= 4 is 16.7 Å². The van der Waals surface area contributed by atoms with Gasteiger partial charge in [-0.05, 0) is 18.2 Å². The lowest BCUT2D eigenvalue weighted by Crippen LogP contribution is -2.06. The van der Waals surface area contributed by atoms with E-state index >= 15 is 0 Å². The lowest BCUT2D eigenvalue weighted by molar-refractivity contribution is -0.137. The Balaban J connectivity index is 2.54. The first-order valence-electron chi connectivity index (χ1n) is 4.69. The highest BCUT2D eigenvalue weighted by molar-refractivity contribution is 5.89. The first-order valence-corrected chi connectivity index (χ1v) is 4.69. The number of carboxylic acids is 1. The molecule has 84 valence electrons. The van der Waals surface area contributed by atoms with Crippen molar-refractivity contribution in [2.45, 2.75) is 6.54 Å². The van der Waals surface area contributed by atoms with Crippen LogP contribution in [0.15, 0.2) is 24.4 Å². The number of hydrogen-bond acceptors (Lipinski definition) is 3. The zero-order chi connectivity index (χ0) is 11.7. The second-order valence-corrected chi connectivity index (χ2v) is 3.43. The number of fused-ring (bicyclic) bond motifs is 1. The van der Waals surface area contributed by atoms with Crippen molar-refractivity contribution in [3.8, 4) is 11.6 Å². The van der Waals surface area contributed by atoms with Gasteiger partial charge in [0.1, 0.15) is 12.3 Å². The maximum atomic E-state index is 10.6. The molecule has 0 atom stereocenters. The summed E-state index contributed by atoms with van der Waals surface area (Å²) >= 11 is 0. The van der Waals surface area contributed by atoms with Gasteiger partial charge in [-0.3, -0.25) is 4.79 Å². The van der Waals surface area contributed by atoms with Crippen LogP contribution in [-0.4, -0.2) is 27.9 Å². The summed E-state index contributed by atoms with van der Waals surface area (Å²) in [7, 11) is 1.53. The van der Waals surface area contributed by atoms with E-state index in [1.807, 2.05) is 0 Å². The van der Waals surface area contributed by atoms with Crippen molar-refractivity contribution in [2.75, 3.05) is 7.11 Å². The van der Waals surface area contributed by atoms with Crippen LogP contribution < -0.4 is 4.74 Å². The Kier molecular flexibility index (Phi) is 2.44. The van der Waals surface area contributed by atoms with Gasteiger partial charge in [0.15, 0.2) is 5.88 Å². The van der Waals surface area contributed by atoms with E-state index in [1.165, 1.54) is 11.7 Å². The van der Waals surface area contributed by atoms with Crippen LogP contribution in [0.25, 0.3) is 10.8 Å². The third-order valence-electron chi connectivity index (χ3n) is 2.37. The fourth-order valence-corrected chi connectivity index (χ4v) is 1.62. The van der Waals surface area contributed by atoms with Gasteiger partial charge in [0, 0.05) is 17.0 Å². The summed E-state index contributed by atoms with van der Waals surface area (Å²) in [6.45, 7) is -0.261. The Bertz CT molecular complexity index is 544. The summed E-state index contributed by atoms with van der Waals surface area (Å²) in [4.78, 5) is 10.6. The van der Waals surface area contributed by atoms with Crippen LogP contribution in [0.3, 0.4) is 0 Å². The number of carboxylic acid groups (broad SMARTS) is 1. The Labute approximate surface area is 91.5 Å². The second kappa shape index (κ2) is 3.77. The number of benzene rings is 1. The zero-order valence-corrected chi connectivity index (χ0v) is 8.67. The molecule has 0 saturated heterocycles. The van der Waals surface area contributed by atoms with Crippen molar-refractivity contribution in [1.29, 1.82) is 0 Å².